The highest BCUT2D eigenvalue weighted by Gasteiger charge is 2.15. The van der Waals surface area contributed by atoms with Gasteiger partial charge in [0.15, 0.2) is 5.82 Å². The maximum absolute atomic E-state index is 12.0. The Kier molecular flexibility index (Phi) is 5.69. The van der Waals surface area contributed by atoms with Crippen LogP contribution in [0.15, 0.2) is 42.6 Å². The quantitative estimate of drug-likeness (QED) is 0.450. The summed E-state index contributed by atoms with van der Waals surface area (Å²) in [6.07, 6.45) is 3.84. The van der Waals surface area contributed by atoms with Crippen LogP contribution in [0.25, 0.3) is 22.6 Å². The lowest BCUT2D eigenvalue weighted by Gasteiger charge is -2.09. The molecule has 4 rings (SSSR count). The van der Waals surface area contributed by atoms with Gasteiger partial charge >= 0.3 is 0 Å². The molecule has 1 aromatic carbocycles. The molecular weight excluding hydrogens is 380 g/mol. The summed E-state index contributed by atoms with van der Waals surface area (Å²) in [5.41, 5.74) is 3.71. The Labute approximate surface area is 173 Å². The van der Waals surface area contributed by atoms with Gasteiger partial charge in [-0.15, -0.1) is 10.2 Å². The Hall–Kier alpha value is -3.75. The summed E-state index contributed by atoms with van der Waals surface area (Å²) < 4.78 is 1.83. The van der Waals surface area contributed by atoms with E-state index in [1.807, 2.05) is 48.0 Å². The van der Waals surface area contributed by atoms with Gasteiger partial charge < -0.3 is 0 Å². The van der Waals surface area contributed by atoms with E-state index in [4.69, 9.17) is 0 Å². The van der Waals surface area contributed by atoms with Gasteiger partial charge in [-0.1, -0.05) is 44.2 Å². The van der Waals surface area contributed by atoms with Gasteiger partial charge in [0.1, 0.15) is 11.5 Å². The van der Waals surface area contributed by atoms with Crippen molar-refractivity contribution in [1.82, 2.24) is 40.4 Å². The highest BCUT2D eigenvalue weighted by Crippen LogP contribution is 2.28. The molecule has 0 amide bonds. The fourth-order valence-corrected chi connectivity index (χ4v) is 3.23. The van der Waals surface area contributed by atoms with Crippen molar-refractivity contribution in [3.63, 3.8) is 0 Å². The molecule has 0 aliphatic rings. The number of H-pyrrole nitrogens is 1. The molecule has 152 valence electrons. The smallest absolute Gasteiger partial charge is 0.217 e. The minimum absolute atomic E-state index is 0.0348. The van der Waals surface area contributed by atoms with Crippen molar-refractivity contribution in [1.29, 1.82) is 0 Å². The van der Waals surface area contributed by atoms with Gasteiger partial charge in [0.05, 0.1) is 6.54 Å². The van der Waals surface area contributed by atoms with Gasteiger partial charge in [-0.05, 0) is 34.0 Å². The Bertz CT molecular complexity index is 1130. The maximum Gasteiger partial charge on any atom is 0.217 e. The predicted octanol–water partition coefficient (Wildman–Crippen LogP) is 3.11. The molecule has 0 atom stereocenters. The number of carbonyl (C=O) groups excluding carboxylic acids is 1. The molecule has 0 aliphatic carbocycles. The van der Waals surface area contributed by atoms with Crippen LogP contribution in [-0.2, 0) is 13.0 Å². The second-order valence-corrected chi connectivity index (χ2v) is 6.88. The Morgan fingerprint density at radius 1 is 1.13 bits per heavy atom. The van der Waals surface area contributed by atoms with Gasteiger partial charge in [0, 0.05) is 24.6 Å². The summed E-state index contributed by atoms with van der Waals surface area (Å²) in [5.74, 6) is 1.63. The first-order valence-electron chi connectivity index (χ1n) is 9.95. The fourth-order valence-electron chi connectivity index (χ4n) is 3.23. The number of aromatic nitrogens is 8. The molecule has 30 heavy (non-hydrogen) atoms. The molecule has 3 aromatic heterocycles. The third kappa shape index (κ3) is 4.00. The summed E-state index contributed by atoms with van der Waals surface area (Å²) in [6.45, 7) is 4.47. The molecule has 0 spiro atoms. The molecule has 0 radical (unpaired) electrons. The maximum atomic E-state index is 12.0. The molecule has 3 heterocycles. The zero-order chi connectivity index (χ0) is 20.9. The van der Waals surface area contributed by atoms with Crippen molar-refractivity contribution < 1.29 is 4.79 Å². The molecule has 9 nitrogen and oxygen atoms in total. The summed E-state index contributed by atoms with van der Waals surface area (Å²) in [5, 5.41) is 18.5. The van der Waals surface area contributed by atoms with Crippen LogP contribution in [0.5, 0.6) is 0 Å². The van der Waals surface area contributed by atoms with Gasteiger partial charge in [-0.25, -0.2) is 14.8 Å². The lowest BCUT2D eigenvalue weighted by atomic mass is 10.0. The highest BCUT2D eigenvalue weighted by atomic mass is 16.1. The molecule has 0 fully saturated rings. The number of hydrogen-bond acceptors (Lipinski definition) is 7. The number of carbonyl (C=O) groups is 1. The van der Waals surface area contributed by atoms with Gasteiger partial charge in [-0.2, -0.15) is 0 Å². The largest absolute Gasteiger partial charge is 0.291 e. The molecule has 0 saturated heterocycles. The van der Waals surface area contributed by atoms with Crippen LogP contribution in [0.4, 0.5) is 0 Å². The lowest BCUT2D eigenvalue weighted by Crippen LogP contribution is -2.07. The van der Waals surface area contributed by atoms with Crippen LogP contribution in [-0.4, -0.2) is 46.2 Å². The van der Waals surface area contributed by atoms with Crippen molar-refractivity contribution in [2.24, 2.45) is 0 Å². The zero-order valence-electron chi connectivity index (χ0n) is 16.9. The van der Waals surface area contributed by atoms with Crippen LogP contribution < -0.4 is 0 Å². The average Bonchev–Trinajstić information content (AvgIpc) is 3.45. The number of pyridine rings is 1. The van der Waals surface area contributed by atoms with E-state index in [9.17, 15) is 4.79 Å². The standard InChI is InChI=1S/C21H22N8O/c1-3-6-18-23-20(17(30)4-2)26-29(18)13-14-8-10-15(11-9-14)16-7-5-12-22-19(16)21-24-27-28-25-21/h5,7-12H,3-4,6,13H2,1-2H3,(H,24,25,27,28). The van der Waals surface area contributed by atoms with E-state index in [0.29, 0.717) is 30.3 Å². The average molecular weight is 402 g/mol. The second kappa shape index (κ2) is 8.73. The van der Waals surface area contributed by atoms with Gasteiger partial charge in [-0.3, -0.25) is 9.78 Å². The van der Waals surface area contributed by atoms with E-state index in [0.717, 1.165) is 35.4 Å². The number of benzene rings is 1. The molecule has 0 aliphatic heterocycles. The molecule has 1 N–H and O–H groups in total. The van der Waals surface area contributed by atoms with Crippen LogP contribution in [0.2, 0.25) is 0 Å². The minimum atomic E-state index is -0.0348. The van der Waals surface area contributed by atoms with Crippen molar-refractivity contribution in [3.8, 4) is 22.6 Å². The third-order valence-electron chi connectivity index (χ3n) is 4.77. The monoisotopic (exact) mass is 402 g/mol. The number of nitrogens with one attached hydrogen (secondary N) is 1. The number of rotatable bonds is 8. The molecule has 0 unspecified atom stereocenters. The summed E-state index contributed by atoms with van der Waals surface area (Å²) in [6, 6.07) is 12.0. The number of ketones is 1. The van der Waals surface area contributed by atoms with E-state index >= 15 is 0 Å². The fraction of sp³-hybridized carbons (Fsp3) is 0.286. The first-order valence-corrected chi connectivity index (χ1v) is 9.95. The van der Waals surface area contributed by atoms with Crippen LogP contribution >= 0.6 is 0 Å². The second-order valence-electron chi connectivity index (χ2n) is 6.88. The number of hydrogen-bond donors (Lipinski definition) is 1. The summed E-state index contributed by atoms with van der Waals surface area (Å²) in [7, 11) is 0. The molecule has 0 bridgehead atoms. The van der Waals surface area contributed by atoms with E-state index in [1.165, 1.54) is 0 Å². The van der Waals surface area contributed by atoms with Gasteiger partial charge in [0.2, 0.25) is 11.6 Å². The number of Topliss-reactive ketones (excluding diaryl/α,β-unsaturated/α-hetero) is 1. The summed E-state index contributed by atoms with van der Waals surface area (Å²) >= 11 is 0. The van der Waals surface area contributed by atoms with Crippen molar-refractivity contribution in [2.75, 3.05) is 0 Å². The molecular formula is C21H22N8O. The van der Waals surface area contributed by atoms with Crippen LogP contribution in [0, 0.1) is 0 Å². The number of aromatic amines is 1. The zero-order valence-corrected chi connectivity index (χ0v) is 16.9. The van der Waals surface area contributed by atoms with Crippen LogP contribution in [0.1, 0.15) is 48.7 Å². The number of aryl methyl sites for hydroxylation is 1. The van der Waals surface area contributed by atoms with Gasteiger partial charge in [0.25, 0.3) is 0 Å². The van der Waals surface area contributed by atoms with E-state index in [2.05, 4.69) is 42.6 Å². The van der Waals surface area contributed by atoms with E-state index in [-0.39, 0.29) is 5.78 Å². The Balaban J connectivity index is 1.60. The van der Waals surface area contributed by atoms with Crippen molar-refractivity contribution in [2.45, 2.75) is 39.7 Å². The number of nitrogens with zero attached hydrogens (tertiary/aromatic N) is 7. The SMILES string of the molecule is CCCc1nc(C(=O)CC)nn1Cc1ccc(-c2cccnc2-c2nnn[nH]2)cc1. The molecule has 4 aromatic rings. The predicted molar refractivity (Wildman–Crippen MR) is 111 cm³/mol. The topological polar surface area (TPSA) is 115 Å². The van der Waals surface area contributed by atoms with Crippen molar-refractivity contribution >= 4 is 5.78 Å². The first-order chi connectivity index (χ1) is 14.7. The lowest BCUT2D eigenvalue weighted by molar-refractivity contribution is 0.0978. The molecule has 9 heteroatoms. The molecule has 0 saturated carbocycles. The van der Waals surface area contributed by atoms with Crippen LogP contribution in [0.3, 0.4) is 0 Å². The Morgan fingerprint density at radius 3 is 2.67 bits per heavy atom. The van der Waals surface area contributed by atoms with Crippen molar-refractivity contribution in [3.05, 3.63) is 59.8 Å². The normalized spacial score (nSPS) is 11.0. The van der Waals surface area contributed by atoms with E-state index in [1.54, 1.807) is 6.20 Å². The highest BCUT2D eigenvalue weighted by molar-refractivity contribution is 5.92. The van der Waals surface area contributed by atoms with E-state index < -0.39 is 0 Å². The summed E-state index contributed by atoms with van der Waals surface area (Å²) in [4.78, 5) is 20.9. The third-order valence-corrected chi connectivity index (χ3v) is 4.77. The Morgan fingerprint density at radius 2 is 1.97 bits per heavy atom. The number of tetrazole rings is 1. The minimum Gasteiger partial charge on any atom is -0.291 e. The first kappa shape index (κ1) is 19.6.